The Morgan fingerprint density at radius 1 is 1.06 bits per heavy atom. The highest BCUT2D eigenvalue weighted by Gasteiger charge is 2.52. The zero-order chi connectivity index (χ0) is 23.3. The van der Waals surface area contributed by atoms with Crippen LogP contribution in [0.4, 0.5) is 0 Å². The minimum Gasteiger partial charge on any atom is -1.00 e. The van der Waals surface area contributed by atoms with E-state index in [1.54, 1.807) is 0 Å². The molecule has 2 fully saturated rings. The molecule has 4 rings (SSSR count). The van der Waals surface area contributed by atoms with Gasteiger partial charge in [0.2, 0.25) is 0 Å². The Balaban J connectivity index is 0.00000324. The number of aliphatic hydroxyl groups is 1. The number of fused-ring (bicyclic) bond motifs is 2. The van der Waals surface area contributed by atoms with Crippen molar-refractivity contribution in [3.05, 3.63) is 65.7 Å². The molecule has 186 valence electrons. The number of carbonyl (C=O) groups is 1. The van der Waals surface area contributed by atoms with Crippen LogP contribution in [0, 0.1) is 0 Å². The molecule has 5 atom stereocenters. The zero-order valence-electron chi connectivity index (χ0n) is 20.4. The highest BCUT2D eigenvalue weighted by atomic mass is 79.9. The van der Waals surface area contributed by atoms with Crippen LogP contribution in [-0.2, 0) is 16.1 Å². The summed E-state index contributed by atoms with van der Waals surface area (Å²) >= 11 is 0. The van der Waals surface area contributed by atoms with Gasteiger partial charge < -0.3 is 36.0 Å². The largest absolute Gasteiger partial charge is 1.00 e. The van der Waals surface area contributed by atoms with Gasteiger partial charge in [0.05, 0.1) is 32.3 Å². The van der Waals surface area contributed by atoms with Gasteiger partial charge >= 0.3 is 5.97 Å². The van der Waals surface area contributed by atoms with Crippen LogP contribution >= 0.6 is 0 Å². The minimum atomic E-state index is -0.607. The number of carbonyl (C=O) groups excluding carboxylic acids is 1. The smallest absolute Gasteiger partial charge is 0.316 e. The van der Waals surface area contributed by atoms with Gasteiger partial charge in [0.25, 0.3) is 0 Å². The number of halogens is 1. The molecule has 6 heteroatoms. The van der Waals surface area contributed by atoms with Crippen molar-refractivity contribution in [2.24, 2.45) is 0 Å². The fourth-order valence-electron chi connectivity index (χ4n) is 5.71. The van der Waals surface area contributed by atoms with Gasteiger partial charge in [-0.25, -0.2) is 0 Å². The van der Waals surface area contributed by atoms with Crippen LogP contribution in [0.25, 0.3) is 0 Å². The van der Waals surface area contributed by atoms with Gasteiger partial charge in [-0.15, -0.1) is 0 Å². The molecule has 2 unspecified atom stereocenters. The lowest BCUT2D eigenvalue weighted by molar-refractivity contribution is -0.961. The van der Waals surface area contributed by atoms with Crippen molar-refractivity contribution in [2.75, 3.05) is 20.3 Å². The first-order valence-corrected chi connectivity index (χ1v) is 12.5. The van der Waals surface area contributed by atoms with Gasteiger partial charge in [-0.2, -0.15) is 0 Å². The molecule has 2 bridgehead atoms. The normalized spacial score (nSPS) is 26.4. The molecule has 2 aliphatic rings. The number of hydrogen-bond acceptors (Lipinski definition) is 4. The number of unbranched alkanes of at least 4 members (excludes halogenated alkanes) is 1. The summed E-state index contributed by atoms with van der Waals surface area (Å²) in [5, 5.41) is 9.81. The Morgan fingerprint density at radius 2 is 1.71 bits per heavy atom. The maximum atomic E-state index is 12.9. The molecule has 5 nitrogen and oxygen atoms in total. The molecule has 2 aromatic carbocycles. The second-order valence-corrected chi connectivity index (χ2v) is 9.91. The fourth-order valence-corrected chi connectivity index (χ4v) is 5.71. The Labute approximate surface area is 214 Å². The molecule has 2 heterocycles. The van der Waals surface area contributed by atoms with Crippen LogP contribution < -0.4 is 21.7 Å². The molecule has 2 aliphatic heterocycles. The van der Waals surface area contributed by atoms with Gasteiger partial charge in [-0.3, -0.25) is 4.79 Å². The third-order valence-corrected chi connectivity index (χ3v) is 7.74. The van der Waals surface area contributed by atoms with Gasteiger partial charge in [0.1, 0.15) is 24.3 Å². The molecule has 0 amide bonds. The number of piperidine rings is 1. The second-order valence-electron chi connectivity index (χ2n) is 9.91. The molecular formula is C28H38BrNO4. The van der Waals surface area contributed by atoms with Crippen LogP contribution in [0.1, 0.15) is 62.5 Å². The van der Waals surface area contributed by atoms with E-state index in [-0.39, 0.29) is 35.7 Å². The molecule has 2 aromatic rings. The van der Waals surface area contributed by atoms with Gasteiger partial charge in [-0.1, -0.05) is 43.7 Å². The van der Waals surface area contributed by atoms with Crippen LogP contribution in [0.3, 0.4) is 0 Å². The van der Waals surface area contributed by atoms with Crippen molar-refractivity contribution >= 4 is 5.97 Å². The van der Waals surface area contributed by atoms with Crippen LogP contribution in [0.2, 0.25) is 0 Å². The van der Waals surface area contributed by atoms with Gasteiger partial charge in [0.15, 0.2) is 0 Å². The lowest BCUT2D eigenvalue weighted by atomic mass is 9.95. The van der Waals surface area contributed by atoms with Crippen molar-refractivity contribution in [3.8, 4) is 5.75 Å². The molecule has 1 N–H and O–H groups in total. The van der Waals surface area contributed by atoms with Crippen LogP contribution in [-0.4, -0.2) is 54.0 Å². The number of ether oxygens (including phenoxy) is 2. The predicted molar refractivity (Wildman–Crippen MR) is 129 cm³/mol. The summed E-state index contributed by atoms with van der Waals surface area (Å²) < 4.78 is 12.8. The average Bonchev–Trinajstić information content (AvgIpc) is 2.98. The standard InChI is InChI=1S/C28H38NO4.BrH/c1-3-4-16-32-25-14-10-21(11-15-25)19-29(2)23-12-13-24(29)18-26(17-23)33-28(31)27(20-30)22-8-6-5-7-9-22;/h5-11,14-15,23-24,26-27,30H,3-4,12-13,16-20H2,1-2H3;1H/q+1;/p-1/t23-,24+,26-,27?,29?;. The van der Waals surface area contributed by atoms with Crippen molar-refractivity contribution in [1.82, 2.24) is 0 Å². The summed E-state index contributed by atoms with van der Waals surface area (Å²) in [7, 11) is 2.37. The van der Waals surface area contributed by atoms with Crippen LogP contribution in [0.5, 0.6) is 5.75 Å². The van der Waals surface area contributed by atoms with E-state index >= 15 is 0 Å². The molecule has 0 aliphatic carbocycles. The lowest BCUT2D eigenvalue weighted by Crippen LogP contribution is -3.00. The molecule has 0 aromatic heterocycles. The van der Waals surface area contributed by atoms with Gasteiger partial charge in [-0.05, 0) is 36.2 Å². The number of nitrogens with zero attached hydrogens (tertiary/aromatic N) is 1. The van der Waals surface area contributed by atoms with E-state index in [9.17, 15) is 9.90 Å². The average molecular weight is 533 g/mol. The molecule has 0 radical (unpaired) electrons. The summed E-state index contributed by atoms with van der Waals surface area (Å²) in [5.74, 6) is 0.0351. The summed E-state index contributed by atoms with van der Waals surface area (Å²) in [4.78, 5) is 12.9. The molecule has 0 saturated carbocycles. The van der Waals surface area contributed by atoms with E-state index in [2.05, 4.69) is 38.2 Å². The maximum Gasteiger partial charge on any atom is 0.316 e. The maximum absolute atomic E-state index is 12.9. The topological polar surface area (TPSA) is 55.8 Å². The molecule has 0 spiro atoms. The monoisotopic (exact) mass is 531 g/mol. The Bertz CT molecular complexity index is 890. The number of esters is 1. The summed E-state index contributed by atoms with van der Waals surface area (Å²) in [6, 6.07) is 19.0. The van der Waals surface area contributed by atoms with Crippen molar-refractivity contribution < 1.29 is 40.8 Å². The fraction of sp³-hybridized carbons (Fsp3) is 0.536. The van der Waals surface area contributed by atoms with E-state index in [1.165, 1.54) is 18.4 Å². The third kappa shape index (κ3) is 6.02. The lowest BCUT2D eigenvalue weighted by Gasteiger charge is -2.47. The van der Waals surface area contributed by atoms with Crippen molar-refractivity contribution in [1.29, 1.82) is 0 Å². The van der Waals surface area contributed by atoms with E-state index in [0.717, 1.165) is 54.6 Å². The quantitative estimate of drug-likeness (QED) is 0.288. The summed E-state index contributed by atoms with van der Waals surface area (Å²) in [6.07, 6.45) is 6.29. The number of hydrogen-bond donors (Lipinski definition) is 1. The third-order valence-electron chi connectivity index (χ3n) is 7.74. The number of benzene rings is 2. The number of aliphatic hydroxyl groups excluding tert-OH is 1. The van der Waals surface area contributed by atoms with E-state index in [1.807, 2.05) is 30.3 Å². The molecular weight excluding hydrogens is 494 g/mol. The van der Waals surface area contributed by atoms with E-state index in [0.29, 0.717) is 12.1 Å². The first-order valence-electron chi connectivity index (χ1n) is 12.5. The Hall–Kier alpha value is -1.89. The Morgan fingerprint density at radius 3 is 2.29 bits per heavy atom. The number of quaternary nitrogens is 1. The number of rotatable bonds is 10. The summed E-state index contributed by atoms with van der Waals surface area (Å²) in [5.41, 5.74) is 2.14. The Kier molecular flexibility index (Phi) is 9.57. The first kappa shape index (κ1) is 26.7. The zero-order valence-corrected chi connectivity index (χ0v) is 22.0. The first-order chi connectivity index (χ1) is 16.0. The highest BCUT2D eigenvalue weighted by Crippen LogP contribution is 2.43. The molecule has 34 heavy (non-hydrogen) atoms. The SMILES string of the molecule is CCCCOc1ccc(C[N+]2(C)[C@@H]3CC[C@H]2C[C@H](OC(=O)C(CO)c2ccccc2)C3)cc1.[Br-]. The van der Waals surface area contributed by atoms with E-state index in [4.69, 9.17) is 9.47 Å². The predicted octanol–water partition coefficient (Wildman–Crippen LogP) is 1.83. The second kappa shape index (κ2) is 12.2. The highest BCUT2D eigenvalue weighted by molar-refractivity contribution is 5.78. The summed E-state index contributed by atoms with van der Waals surface area (Å²) in [6.45, 7) is 3.71. The van der Waals surface area contributed by atoms with E-state index < -0.39 is 5.92 Å². The van der Waals surface area contributed by atoms with Crippen molar-refractivity contribution in [2.45, 2.75) is 76.1 Å². The van der Waals surface area contributed by atoms with Gasteiger partial charge in [0, 0.05) is 31.2 Å². The molecule has 2 saturated heterocycles. The minimum absolute atomic E-state index is 0. The van der Waals surface area contributed by atoms with Crippen LogP contribution in [0.15, 0.2) is 54.6 Å². The van der Waals surface area contributed by atoms with Crippen molar-refractivity contribution in [3.63, 3.8) is 0 Å².